The number of hydrogen-bond donors (Lipinski definition) is 0. The highest BCUT2D eigenvalue weighted by Crippen LogP contribution is 2.42. The van der Waals surface area contributed by atoms with Crippen LogP contribution in [0.5, 0.6) is 0 Å². The van der Waals surface area contributed by atoms with Gasteiger partial charge in [0, 0.05) is 0 Å². The van der Waals surface area contributed by atoms with E-state index in [-0.39, 0.29) is 0 Å². The summed E-state index contributed by atoms with van der Waals surface area (Å²) in [4.78, 5) is 0. The highest BCUT2D eigenvalue weighted by atomic mass is 14.3. The van der Waals surface area contributed by atoms with Gasteiger partial charge in [-0.1, -0.05) is 13.8 Å². The molecule has 0 N–H and O–H groups in total. The smallest absolute Gasteiger partial charge is 0.0207 e. The molecule has 0 nitrogen and oxygen atoms in total. The van der Waals surface area contributed by atoms with Gasteiger partial charge in [-0.25, -0.2) is 0 Å². The molecule has 2 aliphatic carbocycles. The molecule has 0 amide bonds. The van der Waals surface area contributed by atoms with E-state index in [2.05, 4.69) is 26.7 Å². The largest absolute Gasteiger partial charge is 0.0619 e. The molecule has 2 unspecified atom stereocenters. The van der Waals surface area contributed by atoms with E-state index in [0.29, 0.717) is 0 Å². The van der Waals surface area contributed by atoms with Crippen molar-refractivity contribution < 1.29 is 0 Å². The zero-order chi connectivity index (χ0) is 10.7. The summed E-state index contributed by atoms with van der Waals surface area (Å²) >= 11 is 0. The highest BCUT2D eigenvalue weighted by Gasteiger charge is 2.29. The van der Waals surface area contributed by atoms with Gasteiger partial charge in [0.1, 0.15) is 0 Å². The van der Waals surface area contributed by atoms with Crippen molar-refractivity contribution in [1.29, 1.82) is 0 Å². The molecule has 2 atom stereocenters. The Morgan fingerprint density at radius 1 is 0.933 bits per heavy atom. The Kier molecular flexibility index (Phi) is 4.11. The van der Waals surface area contributed by atoms with Gasteiger partial charge < -0.3 is 0 Å². The molecular formula is C15H24. The van der Waals surface area contributed by atoms with Crippen LogP contribution in [0.2, 0.25) is 0 Å². The van der Waals surface area contributed by atoms with Gasteiger partial charge in [0.25, 0.3) is 0 Å². The highest BCUT2D eigenvalue weighted by molar-refractivity contribution is 5.13. The summed E-state index contributed by atoms with van der Waals surface area (Å²) in [7, 11) is 0. The molecular weight excluding hydrogens is 180 g/mol. The van der Waals surface area contributed by atoms with Crippen molar-refractivity contribution in [3.63, 3.8) is 0 Å². The van der Waals surface area contributed by atoms with Crippen LogP contribution in [0.25, 0.3) is 0 Å². The Morgan fingerprint density at radius 3 is 1.80 bits per heavy atom. The Hall–Kier alpha value is 0. The van der Waals surface area contributed by atoms with Crippen molar-refractivity contribution in [1.82, 2.24) is 0 Å². The molecule has 2 aliphatic rings. The van der Waals surface area contributed by atoms with Crippen LogP contribution in [0.1, 0.15) is 58.8 Å². The van der Waals surface area contributed by atoms with Gasteiger partial charge in [0.15, 0.2) is 0 Å². The third-order valence-corrected chi connectivity index (χ3v) is 4.23. The summed E-state index contributed by atoms with van der Waals surface area (Å²) < 4.78 is 0. The Balaban J connectivity index is 1.83. The van der Waals surface area contributed by atoms with Crippen molar-refractivity contribution in [3.05, 3.63) is 24.7 Å². The van der Waals surface area contributed by atoms with E-state index in [9.17, 15) is 0 Å². The average Bonchev–Trinajstić information content (AvgIpc) is 2.24. The van der Waals surface area contributed by atoms with Crippen LogP contribution in [-0.2, 0) is 0 Å². The molecule has 0 aromatic heterocycles. The molecule has 2 fully saturated rings. The fourth-order valence-electron chi connectivity index (χ4n) is 2.95. The van der Waals surface area contributed by atoms with Crippen molar-refractivity contribution in [2.24, 2.45) is 11.8 Å². The van der Waals surface area contributed by atoms with E-state index >= 15 is 0 Å². The normalized spacial score (nSPS) is 35.6. The van der Waals surface area contributed by atoms with Crippen molar-refractivity contribution in [2.45, 2.75) is 58.8 Å². The maximum absolute atomic E-state index is 2.47. The van der Waals surface area contributed by atoms with E-state index in [1.807, 2.05) is 11.8 Å². The fraction of sp³-hybridized carbons (Fsp3) is 0.733. The quantitative estimate of drug-likeness (QED) is 0.618. The van der Waals surface area contributed by atoms with Crippen LogP contribution in [0, 0.1) is 36.5 Å². The standard InChI is InChI=1S/C15H24/c1-12-7-3-5-9-14(12)11-15-10-6-4-8-13(15)2/h3-4,12-13H,5-11H2,1-2H3. The number of hydrogen-bond acceptors (Lipinski definition) is 0. The van der Waals surface area contributed by atoms with Crippen molar-refractivity contribution in [2.75, 3.05) is 0 Å². The molecule has 15 heavy (non-hydrogen) atoms. The van der Waals surface area contributed by atoms with E-state index in [1.54, 1.807) is 0 Å². The van der Waals surface area contributed by atoms with Gasteiger partial charge in [0.2, 0.25) is 0 Å². The third kappa shape index (κ3) is 2.98. The van der Waals surface area contributed by atoms with Crippen LogP contribution in [-0.4, -0.2) is 0 Å². The van der Waals surface area contributed by atoms with Crippen LogP contribution < -0.4 is 0 Å². The molecule has 0 spiro atoms. The summed E-state index contributed by atoms with van der Waals surface area (Å²) in [5.74, 6) is 5.37. The monoisotopic (exact) mass is 204 g/mol. The van der Waals surface area contributed by atoms with Gasteiger partial charge in [-0.3, -0.25) is 0 Å². The summed E-state index contributed by atoms with van der Waals surface area (Å²) in [6, 6.07) is 0. The molecule has 2 saturated carbocycles. The van der Waals surface area contributed by atoms with Gasteiger partial charge in [0.05, 0.1) is 0 Å². The SMILES string of the molecule is CC1C[CH]CC[C]1C[C]1CC[CH]CC1C. The van der Waals surface area contributed by atoms with Crippen molar-refractivity contribution in [3.8, 4) is 0 Å². The predicted octanol–water partition coefficient (Wildman–Crippen LogP) is 4.57. The first-order valence-electron chi connectivity index (χ1n) is 6.60. The third-order valence-electron chi connectivity index (χ3n) is 4.23. The first kappa shape index (κ1) is 11.5. The van der Waals surface area contributed by atoms with Gasteiger partial charge >= 0.3 is 0 Å². The molecule has 4 radical (unpaired) electrons. The zero-order valence-electron chi connectivity index (χ0n) is 10.3. The van der Waals surface area contributed by atoms with Crippen molar-refractivity contribution >= 4 is 0 Å². The second-order valence-corrected chi connectivity index (χ2v) is 5.42. The lowest BCUT2D eigenvalue weighted by Crippen LogP contribution is -2.22. The molecule has 0 aromatic carbocycles. The first-order chi connectivity index (χ1) is 7.27. The Morgan fingerprint density at radius 2 is 1.40 bits per heavy atom. The minimum Gasteiger partial charge on any atom is -0.0619 e. The second kappa shape index (κ2) is 5.37. The summed E-state index contributed by atoms with van der Waals surface area (Å²) in [5, 5.41) is 0. The van der Waals surface area contributed by atoms with Gasteiger partial charge in [-0.15, -0.1) is 0 Å². The molecule has 0 aromatic rings. The van der Waals surface area contributed by atoms with E-state index in [0.717, 1.165) is 11.8 Å². The first-order valence-corrected chi connectivity index (χ1v) is 6.60. The predicted molar refractivity (Wildman–Crippen MR) is 65.7 cm³/mol. The Labute approximate surface area is 95.8 Å². The molecule has 0 heterocycles. The van der Waals surface area contributed by atoms with Crippen LogP contribution >= 0.6 is 0 Å². The van der Waals surface area contributed by atoms with Crippen LogP contribution in [0.4, 0.5) is 0 Å². The van der Waals surface area contributed by atoms with Crippen LogP contribution in [0.15, 0.2) is 0 Å². The second-order valence-electron chi connectivity index (χ2n) is 5.42. The molecule has 84 valence electrons. The molecule has 2 rings (SSSR count). The molecule has 0 aliphatic heterocycles. The summed E-state index contributed by atoms with van der Waals surface area (Å²) in [6.07, 6.45) is 14.3. The lowest BCUT2D eigenvalue weighted by Gasteiger charge is -2.35. The number of rotatable bonds is 2. The van der Waals surface area contributed by atoms with E-state index in [4.69, 9.17) is 0 Å². The lowest BCUT2D eigenvalue weighted by atomic mass is 9.70. The maximum Gasteiger partial charge on any atom is -0.0207 e. The van der Waals surface area contributed by atoms with E-state index in [1.165, 1.54) is 44.9 Å². The van der Waals surface area contributed by atoms with Crippen LogP contribution in [0.3, 0.4) is 0 Å². The van der Waals surface area contributed by atoms with Gasteiger partial charge in [-0.05, 0) is 81.5 Å². The lowest BCUT2D eigenvalue weighted by molar-refractivity contribution is 0.403. The molecule has 0 heteroatoms. The minimum absolute atomic E-state index is 0.851. The van der Waals surface area contributed by atoms with Gasteiger partial charge in [-0.2, -0.15) is 0 Å². The average molecular weight is 204 g/mol. The summed E-state index contributed by atoms with van der Waals surface area (Å²) in [6.45, 7) is 4.82. The minimum atomic E-state index is 0.851. The Bertz CT molecular complexity index is 164. The molecule has 0 bridgehead atoms. The molecule has 0 saturated heterocycles. The zero-order valence-corrected chi connectivity index (χ0v) is 10.3. The van der Waals surface area contributed by atoms with E-state index < -0.39 is 0 Å². The fourth-order valence-corrected chi connectivity index (χ4v) is 2.95. The topological polar surface area (TPSA) is 0 Å². The maximum atomic E-state index is 2.47. The summed E-state index contributed by atoms with van der Waals surface area (Å²) in [5.41, 5.74) is 0.